The van der Waals surface area contributed by atoms with Crippen LogP contribution in [0.1, 0.15) is 24.5 Å². The van der Waals surface area contributed by atoms with Gasteiger partial charge in [-0.3, -0.25) is 5.32 Å². The van der Waals surface area contributed by atoms with E-state index in [9.17, 15) is 4.79 Å². The molecule has 1 aliphatic heterocycles. The third kappa shape index (κ3) is 7.29. The summed E-state index contributed by atoms with van der Waals surface area (Å²) in [6.45, 7) is 6.83. The highest BCUT2D eigenvalue weighted by molar-refractivity contribution is 5.84. The van der Waals surface area contributed by atoms with Gasteiger partial charge < -0.3 is 19.7 Å². The molecule has 3 rings (SSSR count). The molecule has 166 valence electrons. The van der Waals surface area contributed by atoms with E-state index in [1.807, 2.05) is 42.5 Å². The van der Waals surface area contributed by atoms with Crippen LogP contribution in [-0.4, -0.2) is 50.3 Å². The first-order valence-corrected chi connectivity index (χ1v) is 10.8. The average Bonchev–Trinajstić information content (AvgIpc) is 3.27. The molecule has 1 saturated heterocycles. The summed E-state index contributed by atoms with van der Waals surface area (Å²) in [5.41, 5.74) is 2.98. The Morgan fingerprint density at radius 2 is 1.90 bits per heavy atom. The fraction of sp³-hybridized carbons (Fsp3) is 0.417. The maximum Gasteiger partial charge on any atom is 0.411 e. The van der Waals surface area contributed by atoms with Crippen LogP contribution < -0.4 is 10.6 Å². The van der Waals surface area contributed by atoms with Gasteiger partial charge >= 0.3 is 6.09 Å². The summed E-state index contributed by atoms with van der Waals surface area (Å²) in [4.78, 5) is 18.4. The van der Waals surface area contributed by atoms with Crippen LogP contribution in [-0.2, 0) is 22.6 Å². The molecule has 0 aromatic heterocycles. The number of likely N-dealkylation sites (tertiary alicyclic amines) is 1. The van der Waals surface area contributed by atoms with Gasteiger partial charge in [0.25, 0.3) is 0 Å². The average molecular weight is 425 g/mol. The number of nitrogens with zero attached hydrogens (tertiary/aromatic N) is 2. The van der Waals surface area contributed by atoms with E-state index in [1.165, 1.54) is 12.7 Å². The second kappa shape index (κ2) is 12.0. The highest BCUT2D eigenvalue weighted by atomic mass is 16.5. The molecule has 0 radical (unpaired) electrons. The standard InChI is InChI=1S/C24H32N4O3/c1-3-25-23(26-15-19-9-11-22(12-10-19)27-24(29)30-2)28-14-13-21(16-28)18-31-17-20-7-5-4-6-8-20/h4-12,21H,3,13-18H2,1-2H3,(H,25,26)(H,27,29). The molecular weight excluding hydrogens is 392 g/mol. The molecule has 2 aromatic carbocycles. The molecule has 0 aliphatic carbocycles. The normalized spacial score (nSPS) is 16.3. The summed E-state index contributed by atoms with van der Waals surface area (Å²) in [6.07, 6.45) is 0.629. The quantitative estimate of drug-likeness (QED) is 0.497. The summed E-state index contributed by atoms with van der Waals surface area (Å²) in [5, 5.41) is 6.06. The number of methoxy groups -OCH3 is 1. The largest absolute Gasteiger partial charge is 0.453 e. The number of benzene rings is 2. The van der Waals surface area contributed by atoms with Crippen LogP contribution >= 0.6 is 0 Å². The van der Waals surface area contributed by atoms with Crippen LogP contribution in [0.15, 0.2) is 59.6 Å². The van der Waals surface area contributed by atoms with Crippen molar-refractivity contribution in [2.24, 2.45) is 10.9 Å². The Balaban J connectivity index is 1.49. The van der Waals surface area contributed by atoms with Gasteiger partial charge in [-0.2, -0.15) is 0 Å². The van der Waals surface area contributed by atoms with E-state index < -0.39 is 6.09 Å². The number of anilines is 1. The van der Waals surface area contributed by atoms with E-state index in [0.29, 0.717) is 24.8 Å². The molecule has 7 nitrogen and oxygen atoms in total. The summed E-state index contributed by atoms with van der Waals surface area (Å²) in [7, 11) is 1.35. The summed E-state index contributed by atoms with van der Waals surface area (Å²) >= 11 is 0. The first-order valence-electron chi connectivity index (χ1n) is 10.8. The zero-order valence-corrected chi connectivity index (χ0v) is 18.3. The highest BCUT2D eigenvalue weighted by Crippen LogP contribution is 2.18. The van der Waals surface area contributed by atoms with Gasteiger partial charge in [-0.1, -0.05) is 42.5 Å². The molecule has 1 aliphatic rings. The molecule has 2 N–H and O–H groups in total. The first-order chi connectivity index (χ1) is 15.2. The van der Waals surface area contributed by atoms with E-state index in [1.54, 1.807) is 0 Å². The minimum Gasteiger partial charge on any atom is -0.453 e. The monoisotopic (exact) mass is 424 g/mol. The second-order valence-corrected chi connectivity index (χ2v) is 7.59. The smallest absolute Gasteiger partial charge is 0.411 e. The zero-order valence-electron chi connectivity index (χ0n) is 18.3. The van der Waals surface area contributed by atoms with Crippen molar-refractivity contribution in [1.29, 1.82) is 0 Å². The van der Waals surface area contributed by atoms with Gasteiger partial charge in [0, 0.05) is 31.2 Å². The van der Waals surface area contributed by atoms with Gasteiger partial charge in [0.15, 0.2) is 5.96 Å². The Bertz CT molecular complexity index is 840. The van der Waals surface area contributed by atoms with Crippen LogP contribution in [0.2, 0.25) is 0 Å². The number of aliphatic imine (C=N–C) groups is 1. The van der Waals surface area contributed by atoms with Crippen LogP contribution in [0, 0.1) is 5.92 Å². The summed E-state index contributed by atoms with van der Waals surface area (Å²) in [6, 6.07) is 17.9. The van der Waals surface area contributed by atoms with Crippen LogP contribution in [0.25, 0.3) is 0 Å². The predicted octanol–water partition coefficient (Wildman–Crippen LogP) is 3.87. The number of nitrogens with one attached hydrogen (secondary N) is 2. The molecule has 1 unspecified atom stereocenters. The number of amides is 1. The number of carbonyl (C=O) groups is 1. The van der Waals surface area contributed by atoms with Crippen molar-refractivity contribution in [3.63, 3.8) is 0 Å². The van der Waals surface area contributed by atoms with Crippen molar-refractivity contribution in [3.05, 3.63) is 65.7 Å². The molecule has 7 heteroatoms. The molecule has 1 fully saturated rings. The Labute approximate surface area is 184 Å². The van der Waals surface area contributed by atoms with E-state index in [-0.39, 0.29) is 0 Å². The molecule has 1 atom stereocenters. The molecule has 2 aromatic rings. The van der Waals surface area contributed by atoms with Crippen LogP contribution in [0.4, 0.5) is 10.5 Å². The molecular formula is C24H32N4O3. The third-order valence-electron chi connectivity index (χ3n) is 5.18. The van der Waals surface area contributed by atoms with E-state index >= 15 is 0 Å². The van der Waals surface area contributed by atoms with Crippen molar-refractivity contribution >= 4 is 17.7 Å². The van der Waals surface area contributed by atoms with Gasteiger partial charge in [0.1, 0.15) is 0 Å². The van der Waals surface area contributed by atoms with Crippen LogP contribution in [0.3, 0.4) is 0 Å². The SMILES string of the molecule is CCNC(=NCc1ccc(NC(=O)OC)cc1)N1CCC(COCc2ccccc2)C1. The minimum atomic E-state index is -0.475. The second-order valence-electron chi connectivity index (χ2n) is 7.59. The maximum absolute atomic E-state index is 11.3. The summed E-state index contributed by atoms with van der Waals surface area (Å²) < 4.78 is 10.6. The lowest BCUT2D eigenvalue weighted by atomic mass is 10.1. The fourth-order valence-corrected chi connectivity index (χ4v) is 3.53. The van der Waals surface area contributed by atoms with E-state index in [2.05, 4.69) is 39.3 Å². The maximum atomic E-state index is 11.3. The first kappa shape index (κ1) is 22.6. The zero-order chi connectivity index (χ0) is 21.9. The van der Waals surface area contributed by atoms with Gasteiger partial charge in [-0.25, -0.2) is 9.79 Å². The number of hydrogen-bond acceptors (Lipinski definition) is 4. The predicted molar refractivity (Wildman–Crippen MR) is 123 cm³/mol. The lowest BCUT2D eigenvalue weighted by Crippen LogP contribution is -2.40. The molecule has 1 heterocycles. The van der Waals surface area contributed by atoms with E-state index in [0.717, 1.165) is 44.2 Å². The van der Waals surface area contributed by atoms with Gasteiger partial charge in [0.05, 0.1) is 26.9 Å². The Morgan fingerprint density at radius 3 is 2.61 bits per heavy atom. The number of rotatable bonds is 8. The lowest BCUT2D eigenvalue weighted by Gasteiger charge is -2.21. The van der Waals surface area contributed by atoms with Crippen LogP contribution in [0.5, 0.6) is 0 Å². The number of hydrogen-bond donors (Lipinski definition) is 2. The molecule has 1 amide bonds. The fourth-order valence-electron chi connectivity index (χ4n) is 3.53. The molecule has 0 saturated carbocycles. The van der Waals surface area contributed by atoms with Crippen molar-refractivity contribution in [2.75, 3.05) is 38.7 Å². The topological polar surface area (TPSA) is 75.2 Å². The Hall–Kier alpha value is -3.06. The Kier molecular flexibility index (Phi) is 8.72. The van der Waals surface area contributed by atoms with Crippen molar-refractivity contribution < 1.29 is 14.3 Å². The van der Waals surface area contributed by atoms with Gasteiger partial charge in [-0.05, 0) is 36.6 Å². The third-order valence-corrected chi connectivity index (χ3v) is 5.18. The van der Waals surface area contributed by atoms with Gasteiger partial charge in [-0.15, -0.1) is 0 Å². The van der Waals surface area contributed by atoms with Gasteiger partial charge in [0.2, 0.25) is 0 Å². The molecule has 0 bridgehead atoms. The number of ether oxygens (including phenoxy) is 2. The number of carbonyl (C=O) groups excluding carboxylic acids is 1. The summed E-state index contributed by atoms with van der Waals surface area (Å²) in [5.74, 6) is 1.45. The van der Waals surface area contributed by atoms with Crippen molar-refractivity contribution in [2.45, 2.75) is 26.5 Å². The Morgan fingerprint density at radius 1 is 1.13 bits per heavy atom. The minimum absolute atomic E-state index is 0.475. The number of guanidine groups is 1. The van der Waals surface area contributed by atoms with Crippen molar-refractivity contribution in [1.82, 2.24) is 10.2 Å². The van der Waals surface area contributed by atoms with Crippen molar-refractivity contribution in [3.8, 4) is 0 Å². The van der Waals surface area contributed by atoms with E-state index in [4.69, 9.17) is 9.73 Å². The molecule has 0 spiro atoms. The molecule has 31 heavy (non-hydrogen) atoms. The lowest BCUT2D eigenvalue weighted by molar-refractivity contribution is 0.0906. The highest BCUT2D eigenvalue weighted by Gasteiger charge is 2.25.